The van der Waals surface area contributed by atoms with Crippen molar-refractivity contribution in [2.45, 2.75) is 39.3 Å². The highest BCUT2D eigenvalue weighted by atomic mass is 16.6. The van der Waals surface area contributed by atoms with E-state index in [4.69, 9.17) is 4.74 Å². The summed E-state index contributed by atoms with van der Waals surface area (Å²) in [5.74, 6) is -0.284. The van der Waals surface area contributed by atoms with Gasteiger partial charge in [0.2, 0.25) is 0 Å². The van der Waals surface area contributed by atoms with Crippen molar-refractivity contribution in [2.75, 3.05) is 11.9 Å². The van der Waals surface area contributed by atoms with Crippen LogP contribution in [0.3, 0.4) is 0 Å². The number of hydrogen-bond acceptors (Lipinski definition) is 4. The lowest BCUT2D eigenvalue weighted by molar-refractivity contribution is 0.0222. The molecule has 0 fully saturated rings. The van der Waals surface area contributed by atoms with E-state index in [1.807, 2.05) is 70.3 Å². The Morgan fingerprint density at radius 3 is 2.57 bits per heavy atom. The zero-order chi connectivity index (χ0) is 21.5. The molecule has 4 rings (SSSR count). The summed E-state index contributed by atoms with van der Waals surface area (Å²) in [6, 6.07) is 13.8. The minimum Gasteiger partial charge on any atom is -0.444 e. The molecule has 2 heterocycles. The number of benzene rings is 2. The highest BCUT2D eigenvalue weighted by Crippen LogP contribution is 2.25. The monoisotopic (exact) mass is 406 g/mol. The summed E-state index contributed by atoms with van der Waals surface area (Å²) in [7, 11) is 1.83. The topological polar surface area (TPSA) is 76.5 Å². The Labute approximate surface area is 175 Å². The quantitative estimate of drug-likeness (QED) is 0.695. The first-order valence-electron chi connectivity index (χ1n) is 10.0. The molecule has 0 bridgehead atoms. The molecule has 0 aliphatic carbocycles. The number of hydrogen-bond donors (Lipinski definition) is 1. The highest BCUT2D eigenvalue weighted by molar-refractivity contribution is 6.05. The predicted octanol–water partition coefficient (Wildman–Crippen LogP) is 4.12. The van der Waals surface area contributed by atoms with Crippen LogP contribution in [0, 0.1) is 0 Å². The number of fused-ring (bicyclic) bond motifs is 2. The van der Waals surface area contributed by atoms with Crippen LogP contribution < -0.4 is 5.32 Å². The van der Waals surface area contributed by atoms with Gasteiger partial charge in [0.1, 0.15) is 5.60 Å². The van der Waals surface area contributed by atoms with Crippen LogP contribution in [0.25, 0.3) is 10.8 Å². The molecule has 156 valence electrons. The molecule has 0 atom stereocenters. The van der Waals surface area contributed by atoms with Gasteiger partial charge in [-0.2, -0.15) is 5.10 Å². The minimum atomic E-state index is -0.567. The van der Waals surface area contributed by atoms with Crippen LogP contribution in [0.5, 0.6) is 0 Å². The maximum Gasteiger partial charge on any atom is 0.410 e. The fourth-order valence-electron chi connectivity index (χ4n) is 3.71. The first-order valence-corrected chi connectivity index (χ1v) is 10.0. The second-order valence-electron chi connectivity index (χ2n) is 8.57. The summed E-state index contributed by atoms with van der Waals surface area (Å²) < 4.78 is 7.23. The molecular weight excluding hydrogens is 380 g/mol. The molecule has 0 unspecified atom stereocenters. The average Bonchev–Trinajstić information content (AvgIpc) is 3.03. The van der Waals surface area contributed by atoms with E-state index in [0.717, 1.165) is 22.0 Å². The standard InChI is InChI=1S/C23H26N4O3/c1-23(2,3)30-22(29)27-12-11-19-18(14-27)20(25-26(19)4)21(28)24-17-10-9-15-7-5-6-8-16(15)13-17/h5-10,13H,11-12,14H2,1-4H3,(H,24,28). The third kappa shape index (κ3) is 4.01. The average molecular weight is 406 g/mol. The number of nitrogens with zero attached hydrogens (tertiary/aromatic N) is 3. The maximum atomic E-state index is 13.0. The Balaban J connectivity index is 1.56. The van der Waals surface area contributed by atoms with Gasteiger partial charge in [-0.3, -0.25) is 9.48 Å². The largest absolute Gasteiger partial charge is 0.444 e. The van der Waals surface area contributed by atoms with Gasteiger partial charge in [0.05, 0.1) is 6.54 Å². The summed E-state index contributed by atoms with van der Waals surface area (Å²) in [5, 5.41) is 9.55. The number of rotatable bonds is 2. The van der Waals surface area contributed by atoms with Gasteiger partial charge in [-0.05, 0) is 43.7 Å². The van der Waals surface area contributed by atoms with Crippen molar-refractivity contribution in [2.24, 2.45) is 7.05 Å². The summed E-state index contributed by atoms with van der Waals surface area (Å²) in [6.07, 6.45) is 0.249. The second-order valence-corrected chi connectivity index (χ2v) is 8.57. The zero-order valence-corrected chi connectivity index (χ0v) is 17.7. The molecule has 0 saturated heterocycles. The number of amides is 2. The SMILES string of the molecule is Cn1nc(C(=O)Nc2ccc3ccccc3c2)c2c1CCN(C(=O)OC(C)(C)C)C2. The fourth-order valence-corrected chi connectivity index (χ4v) is 3.71. The molecule has 1 N–H and O–H groups in total. The molecule has 0 radical (unpaired) electrons. The molecule has 2 aromatic carbocycles. The van der Waals surface area contributed by atoms with E-state index < -0.39 is 5.60 Å². The van der Waals surface area contributed by atoms with Crippen LogP contribution in [0.1, 0.15) is 42.5 Å². The summed E-state index contributed by atoms with van der Waals surface area (Å²) in [4.78, 5) is 27.1. The third-order valence-corrected chi connectivity index (χ3v) is 5.12. The molecule has 0 saturated carbocycles. The van der Waals surface area contributed by atoms with Crippen LogP contribution >= 0.6 is 0 Å². The first-order chi connectivity index (χ1) is 14.2. The number of carbonyl (C=O) groups is 2. The van der Waals surface area contributed by atoms with Gasteiger partial charge in [0.25, 0.3) is 5.91 Å². The van der Waals surface area contributed by atoms with Crippen LogP contribution in [-0.2, 0) is 24.8 Å². The number of anilines is 1. The molecule has 1 aliphatic rings. The first kappa shape index (κ1) is 19.9. The predicted molar refractivity (Wildman–Crippen MR) is 115 cm³/mol. The minimum absolute atomic E-state index is 0.284. The molecule has 7 nitrogen and oxygen atoms in total. The fraction of sp³-hybridized carbons (Fsp3) is 0.348. The lowest BCUT2D eigenvalue weighted by Gasteiger charge is -2.30. The second kappa shape index (κ2) is 7.48. The molecule has 7 heteroatoms. The Morgan fingerprint density at radius 2 is 1.83 bits per heavy atom. The van der Waals surface area contributed by atoms with Gasteiger partial charge in [-0.1, -0.05) is 30.3 Å². The van der Waals surface area contributed by atoms with Crippen molar-refractivity contribution in [1.29, 1.82) is 0 Å². The normalized spacial score (nSPS) is 13.8. The van der Waals surface area contributed by atoms with E-state index >= 15 is 0 Å². The van der Waals surface area contributed by atoms with Crippen molar-refractivity contribution < 1.29 is 14.3 Å². The Morgan fingerprint density at radius 1 is 1.10 bits per heavy atom. The Kier molecular flexibility index (Phi) is 4.97. The van der Waals surface area contributed by atoms with E-state index in [2.05, 4.69) is 10.4 Å². The molecular formula is C23H26N4O3. The summed E-state index contributed by atoms with van der Waals surface area (Å²) >= 11 is 0. The molecule has 1 aromatic heterocycles. The number of ether oxygens (including phenoxy) is 1. The number of aryl methyl sites for hydroxylation is 1. The van der Waals surface area contributed by atoms with Crippen LogP contribution in [0.15, 0.2) is 42.5 Å². The Bertz CT molecular complexity index is 1130. The maximum absolute atomic E-state index is 13.0. The Hall–Kier alpha value is -3.35. The number of carbonyl (C=O) groups excluding carboxylic acids is 2. The van der Waals surface area contributed by atoms with E-state index in [-0.39, 0.29) is 12.0 Å². The van der Waals surface area contributed by atoms with Gasteiger partial charge in [0, 0.05) is 37.0 Å². The van der Waals surface area contributed by atoms with Crippen LogP contribution in [0.4, 0.5) is 10.5 Å². The third-order valence-electron chi connectivity index (χ3n) is 5.12. The number of nitrogens with one attached hydrogen (secondary N) is 1. The highest BCUT2D eigenvalue weighted by Gasteiger charge is 2.31. The smallest absolute Gasteiger partial charge is 0.410 e. The lowest BCUT2D eigenvalue weighted by Crippen LogP contribution is -2.40. The molecule has 3 aromatic rings. The molecule has 30 heavy (non-hydrogen) atoms. The molecule has 0 spiro atoms. The van der Waals surface area contributed by atoms with Gasteiger partial charge < -0.3 is 15.0 Å². The van der Waals surface area contributed by atoms with Crippen molar-refractivity contribution >= 4 is 28.5 Å². The van der Waals surface area contributed by atoms with Gasteiger partial charge in [-0.15, -0.1) is 0 Å². The van der Waals surface area contributed by atoms with Crippen LogP contribution in [-0.4, -0.2) is 38.8 Å². The van der Waals surface area contributed by atoms with Gasteiger partial charge in [-0.25, -0.2) is 4.79 Å². The lowest BCUT2D eigenvalue weighted by atomic mass is 10.0. The van der Waals surface area contributed by atoms with E-state index in [9.17, 15) is 9.59 Å². The van der Waals surface area contributed by atoms with Crippen LogP contribution in [0.2, 0.25) is 0 Å². The van der Waals surface area contributed by atoms with Gasteiger partial charge in [0.15, 0.2) is 5.69 Å². The summed E-state index contributed by atoms with van der Waals surface area (Å²) in [6.45, 7) is 6.36. The molecule has 1 aliphatic heterocycles. The van der Waals surface area contributed by atoms with Crippen molar-refractivity contribution in [1.82, 2.24) is 14.7 Å². The van der Waals surface area contributed by atoms with E-state index in [1.54, 1.807) is 9.58 Å². The molecule has 2 amide bonds. The van der Waals surface area contributed by atoms with Crippen molar-refractivity contribution in [3.63, 3.8) is 0 Å². The van der Waals surface area contributed by atoms with Crippen molar-refractivity contribution in [3.05, 3.63) is 59.4 Å². The summed E-state index contributed by atoms with van der Waals surface area (Å²) in [5.41, 5.74) is 2.22. The van der Waals surface area contributed by atoms with E-state index in [1.165, 1.54) is 0 Å². The zero-order valence-electron chi connectivity index (χ0n) is 17.7. The van der Waals surface area contributed by atoms with Gasteiger partial charge >= 0.3 is 6.09 Å². The van der Waals surface area contributed by atoms with Crippen molar-refractivity contribution in [3.8, 4) is 0 Å². The van der Waals surface area contributed by atoms with E-state index in [0.29, 0.717) is 30.9 Å². The number of aromatic nitrogens is 2.